The molecule has 0 bridgehead atoms. The van der Waals surface area contributed by atoms with Gasteiger partial charge < -0.3 is 10.0 Å². The smallest absolute Gasteiger partial charge is 0.256 e. The second-order valence-electron chi connectivity index (χ2n) is 8.70. The average molecular weight is 445 g/mol. The van der Waals surface area contributed by atoms with Gasteiger partial charge in [0.25, 0.3) is 5.91 Å². The number of pyridine rings is 2. The van der Waals surface area contributed by atoms with Crippen LogP contribution in [-0.4, -0.2) is 25.9 Å². The predicted molar refractivity (Wildman–Crippen MR) is 120 cm³/mol. The Labute approximate surface area is 189 Å². The molecule has 5 nitrogen and oxygen atoms in total. The van der Waals surface area contributed by atoms with Gasteiger partial charge in [-0.05, 0) is 55.3 Å². The molecule has 5 rings (SSSR count). The fraction of sp³-hybridized carbons (Fsp3) is 0.192. The van der Waals surface area contributed by atoms with Gasteiger partial charge in [-0.2, -0.15) is 0 Å². The van der Waals surface area contributed by atoms with Crippen LogP contribution < -0.4 is 0 Å². The Morgan fingerprint density at radius 2 is 1.70 bits per heavy atom. The lowest BCUT2D eigenvalue weighted by molar-refractivity contribution is 0.0762. The number of carbonyl (C=O) groups excluding carboxylic acids is 1. The first kappa shape index (κ1) is 21.2. The van der Waals surface area contributed by atoms with Crippen molar-refractivity contribution in [1.82, 2.24) is 14.9 Å². The van der Waals surface area contributed by atoms with Crippen LogP contribution in [0.4, 0.5) is 8.78 Å². The molecule has 1 aliphatic heterocycles. The average Bonchev–Trinajstić information content (AvgIpc) is 3.10. The van der Waals surface area contributed by atoms with Crippen molar-refractivity contribution in [2.45, 2.75) is 32.5 Å². The molecular weight excluding hydrogens is 424 g/mol. The summed E-state index contributed by atoms with van der Waals surface area (Å²) in [5.41, 5.74) is 1.88. The number of amides is 1. The Morgan fingerprint density at radius 1 is 1.00 bits per heavy atom. The molecule has 0 atom stereocenters. The van der Waals surface area contributed by atoms with E-state index in [4.69, 9.17) is 0 Å². The van der Waals surface area contributed by atoms with E-state index in [0.29, 0.717) is 38.9 Å². The zero-order valence-corrected chi connectivity index (χ0v) is 18.1. The first-order valence-electron chi connectivity index (χ1n) is 10.6. The molecular formula is C26H21F2N3O2. The van der Waals surface area contributed by atoms with Gasteiger partial charge in [-0.25, -0.2) is 8.78 Å². The van der Waals surface area contributed by atoms with E-state index in [0.717, 1.165) is 0 Å². The fourth-order valence-corrected chi connectivity index (χ4v) is 4.35. The van der Waals surface area contributed by atoms with Crippen molar-refractivity contribution in [2.24, 2.45) is 0 Å². The summed E-state index contributed by atoms with van der Waals surface area (Å²) in [6, 6.07) is 12.9. The summed E-state index contributed by atoms with van der Waals surface area (Å²) in [5, 5.41) is 11.2. The second kappa shape index (κ2) is 7.71. The number of nitrogens with zero attached hydrogens (tertiary/aromatic N) is 3. The van der Waals surface area contributed by atoms with Crippen molar-refractivity contribution in [3.05, 3.63) is 94.9 Å². The number of benzene rings is 2. The minimum Gasteiger partial charge on any atom is -0.386 e. The topological polar surface area (TPSA) is 66.3 Å². The molecule has 3 heterocycles. The van der Waals surface area contributed by atoms with Gasteiger partial charge in [0.1, 0.15) is 11.6 Å². The third kappa shape index (κ3) is 3.64. The molecule has 0 fully saturated rings. The van der Waals surface area contributed by atoms with Crippen LogP contribution in [0.5, 0.6) is 0 Å². The lowest BCUT2D eigenvalue weighted by Crippen LogP contribution is -2.24. The van der Waals surface area contributed by atoms with Gasteiger partial charge in [0.2, 0.25) is 0 Å². The van der Waals surface area contributed by atoms with Crippen molar-refractivity contribution in [3.8, 4) is 11.1 Å². The molecule has 7 heteroatoms. The highest BCUT2D eigenvalue weighted by molar-refractivity contribution is 5.98. The standard InChI is InChI=1S/C26H21F2N3O2/c1-26(2,33)20-8-7-16(24-17(20)5-3-10-30-24)15-11-21(27)19(22(28)12-15)13-31-14-23-18(25(31)32)6-4-9-29-23/h3-12,33H,13-14H2,1-2H3. The number of fused-ring (bicyclic) bond motifs is 2. The summed E-state index contributed by atoms with van der Waals surface area (Å²) in [6.45, 7) is 3.37. The molecule has 0 saturated heterocycles. The third-order valence-electron chi connectivity index (χ3n) is 5.98. The Morgan fingerprint density at radius 3 is 2.39 bits per heavy atom. The minimum atomic E-state index is -1.10. The first-order chi connectivity index (χ1) is 15.7. The lowest BCUT2D eigenvalue weighted by atomic mass is 9.90. The first-order valence-corrected chi connectivity index (χ1v) is 10.6. The second-order valence-corrected chi connectivity index (χ2v) is 8.70. The molecule has 0 radical (unpaired) electrons. The lowest BCUT2D eigenvalue weighted by Gasteiger charge is -2.21. The molecule has 1 amide bonds. The van der Waals surface area contributed by atoms with Gasteiger partial charge in [0.15, 0.2) is 0 Å². The van der Waals surface area contributed by atoms with Gasteiger partial charge in [-0.15, -0.1) is 0 Å². The Balaban J connectivity index is 1.53. The van der Waals surface area contributed by atoms with Crippen LogP contribution in [0.25, 0.3) is 22.0 Å². The monoisotopic (exact) mass is 445 g/mol. The summed E-state index contributed by atoms with van der Waals surface area (Å²) in [6.07, 6.45) is 3.19. The molecule has 0 aliphatic carbocycles. The molecule has 33 heavy (non-hydrogen) atoms. The van der Waals surface area contributed by atoms with Gasteiger partial charge in [-0.1, -0.05) is 18.2 Å². The van der Waals surface area contributed by atoms with E-state index in [2.05, 4.69) is 9.97 Å². The van der Waals surface area contributed by atoms with Gasteiger partial charge in [-0.3, -0.25) is 14.8 Å². The SMILES string of the molecule is CC(C)(O)c1ccc(-c2cc(F)c(CN3Cc4ncccc4C3=O)c(F)c2)c2ncccc12. The van der Waals surface area contributed by atoms with Crippen LogP contribution in [0, 0.1) is 11.6 Å². The molecule has 0 spiro atoms. The maximum atomic E-state index is 15.1. The number of aromatic nitrogens is 2. The van der Waals surface area contributed by atoms with Gasteiger partial charge in [0.05, 0.1) is 35.5 Å². The fourth-order valence-electron chi connectivity index (χ4n) is 4.35. The van der Waals surface area contributed by atoms with Crippen LogP contribution >= 0.6 is 0 Å². The van der Waals surface area contributed by atoms with E-state index in [1.54, 1.807) is 56.6 Å². The van der Waals surface area contributed by atoms with E-state index in [9.17, 15) is 9.90 Å². The van der Waals surface area contributed by atoms with Crippen molar-refractivity contribution in [3.63, 3.8) is 0 Å². The molecule has 0 unspecified atom stereocenters. The summed E-state index contributed by atoms with van der Waals surface area (Å²) in [4.78, 5) is 22.6. The van der Waals surface area contributed by atoms with Gasteiger partial charge in [0, 0.05) is 28.9 Å². The molecule has 2 aromatic heterocycles. The minimum absolute atomic E-state index is 0.176. The van der Waals surface area contributed by atoms with Gasteiger partial charge >= 0.3 is 0 Å². The summed E-state index contributed by atoms with van der Waals surface area (Å²) in [5.74, 6) is -1.77. The van der Waals surface area contributed by atoms with Crippen LogP contribution in [-0.2, 0) is 18.7 Å². The number of rotatable bonds is 4. The highest BCUT2D eigenvalue weighted by Gasteiger charge is 2.30. The van der Waals surface area contributed by atoms with Crippen LogP contribution in [0.1, 0.15) is 41.0 Å². The summed E-state index contributed by atoms with van der Waals surface area (Å²) >= 11 is 0. The number of halogens is 2. The van der Waals surface area contributed by atoms with E-state index in [-0.39, 0.29) is 24.6 Å². The Bertz CT molecular complexity index is 1390. The molecule has 166 valence electrons. The summed E-state index contributed by atoms with van der Waals surface area (Å²) < 4.78 is 30.2. The van der Waals surface area contributed by atoms with Crippen LogP contribution in [0.15, 0.2) is 60.9 Å². The molecule has 4 aromatic rings. The highest BCUT2D eigenvalue weighted by Crippen LogP contribution is 2.35. The summed E-state index contributed by atoms with van der Waals surface area (Å²) in [7, 11) is 0. The van der Waals surface area contributed by atoms with Crippen LogP contribution in [0.2, 0.25) is 0 Å². The van der Waals surface area contributed by atoms with Crippen LogP contribution in [0.3, 0.4) is 0 Å². The number of carbonyl (C=O) groups is 1. The maximum absolute atomic E-state index is 15.1. The normalized spacial score (nSPS) is 13.6. The van der Waals surface area contributed by atoms with E-state index < -0.39 is 17.2 Å². The third-order valence-corrected chi connectivity index (χ3v) is 5.98. The number of aliphatic hydroxyl groups is 1. The predicted octanol–water partition coefficient (Wildman–Crippen LogP) is 4.96. The molecule has 2 aromatic carbocycles. The largest absolute Gasteiger partial charge is 0.386 e. The van der Waals surface area contributed by atoms with Crippen molar-refractivity contribution in [2.75, 3.05) is 0 Å². The van der Waals surface area contributed by atoms with Crippen molar-refractivity contribution < 1.29 is 18.7 Å². The molecule has 1 aliphatic rings. The van der Waals surface area contributed by atoms with E-state index in [1.165, 1.54) is 17.0 Å². The number of hydrogen-bond acceptors (Lipinski definition) is 4. The molecule has 1 N–H and O–H groups in total. The quantitative estimate of drug-likeness (QED) is 0.482. The van der Waals surface area contributed by atoms with Crippen molar-refractivity contribution in [1.29, 1.82) is 0 Å². The van der Waals surface area contributed by atoms with E-state index in [1.807, 2.05) is 6.07 Å². The van der Waals surface area contributed by atoms with E-state index >= 15 is 8.78 Å². The molecule has 0 saturated carbocycles. The zero-order chi connectivity index (χ0) is 23.3. The maximum Gasteiger partial charge on any atom is 0.256 e. The highest BCUT2D eigenvalue weighted by atomic mass is 19.1. The zero-order valence-electron chi connectivity index (χ0n) is 18.1. The number of hydrogen-bond donors (Lipinski definition) is 1. The van der Waals surface area contributed by atoms with Crippen molar-refractivity contribution >= 4 is 16.8 Å². The Hall–Kier alpha value is -3.71. The Kier molecular flexibility index (Phi) is 4.94.